The third kappa shape index (κ3) is 5.85. The maximum absolute atomic E-state index is 14.8. The van der Waals surface area contributed by atoms with E-state index in [1.807, 2.05) is 33.8 Å². The Morgan fingerprint density at radius 1 is 1.18 bits per heavy atom. The van der Waals surface area contributed by atoms with Gasteiger partial charge in [-0.15, -0.1) is 0 Å². The Hall–Kier alpha value is -3.79. The number of hydrogen-bond acceptors (Lipinski definition) is 7. The van der Waals surface area contributed by atoms with E-state index in [0.717, 1.165) is 5.69 Å². The maximum Gasteiger partial charge on any atom is 0.410 e. The number of amides is 2. The van der Waals surface area contributed by atoms with E-state index in [4.69, 9.17) is 26.8 Å². The number of nitrogens with zero attached hydrogens (tertiary/aromatic N) is 3. The van der Waals surface area contributed by atoms with Crippen molar-refractivity contribution in [3.8, 4) is 5.75 Å². The van der Waals surface area contributed by atoms with Crippen LogP contribution in [-0.2, 0) is 4.74 Å². The van der Waals surface area contributed by atoms with Crippen LogP contribution < -0.4 is 20.7 Å². The van der Waals surface area contributed by atoms with Crippen molar-refractivity contribution in [1.82, 2.24) is 9.88 Å². The molecule has 9 nitrogen and oxygen atoms in total. The minimum Gasteiger partial charge on any atom is -0.492 e. The molecule has 1 saturated heterocycles. The summed E-state index contributed by atoms with van der Waals surface area (Å²) in [5, 5.41) is 3.49. The number of aromatic nitrogens is 1. The topological polar surface area (TPSA) is 110 Å². The highest BCUT2D eigenvalue weighted by Gasteiger charge is 2.28. The Morgan fingerprint density at radius 2 is 1.89 bits per heavy atom. The predicted octanol–water partition coefficient (Wildman–Crippen LogP) is 5.33. The van der Waals surface area contributed by atoms with E-state index in [1.165, 1.54) is 18.3 Å². The van der Waals surface area contributed by atoms with E-state index < -0.39 is 17.3 Å². The normalized spacial score (nSPS) is 13.9. The number of rotatable bonds is 6. The molecule has 0 atom stereocenters. The van der Waals surface area contributed by atoms with E-state index in [2.05, 4.69) is 15.2 Å². The molecular weight excluding hydrogens is 513 g/mol. The molecule has 11 heteroatoms. The summed E-state index contributed by atoms with van der Waals surface area (Å²) in [7, 11) is 0. The maximum atomic E-state index is 14.8. The van der Waals surface area contributed by atoms with Crippen LogP contribution in [0, 0.1) is 5.82 Å². The van der Waals surface area contributed by atoms with Gasteiger partial charge in [-0.1, -0.05) is 17.7 Å². The fraction of sp³-hybridized carbons (Fsp3) is 0.370. The number of carbonyl (C=O) groups excluding carboxylic acids is 2. The number of nitrogens with one attached hydrogen (secondary N) is 1. The summed E-state index contributed by atoms with van der Waals surface area (Å²) >= 11 is 5.97. The van der Waals surface area contributed by atoms with Crippen LogP contribution in [-0.4, -0.2) is 60.3 Å². The Morgan fingerprint density at radius 3 is 2.53 bits per heavy atom. The lowest BCUT2D eigenvalue weighted by Crippen LogP contribution is -2.50. The van der Waals surface area contributed by atoms with Crippen LogP contribution in [0.3, 0.4) is 0 Å². The Kier molecular flexibility index (Phi) is 7.82. The number of ether oxygens (including phenoxy) is 2. The minimum absolute atomic E-state index is 0.0591. The van der Waals surface area contributed by atoms with E-state index in [-0.39, 0.29) is 22.4 Å². The number of benzene rings is 2. The van der Waals surface area contributed by atoms with Crippen molar-refractivity contribution in [2.45, 2.75) is 33.3 Å². The quantitative estimate of drug-likeness (QED) is 0.432. The Labute approximate surface area is 225 Å². The van der Waals surface area contributed by atoms with Gasteiger partial charge in [0.25, 0.3) is 5.91 Å². The Balaban J connectivity index is 1.74. The molecule has 1 fully saturated rings. The zero-order valence-corrected chi connectivity index (χ0v) is 22.6. The smallest absolute Gasteiger partial charge is 0.410 e. The molecule has 2 aromatic carbocycles. The number of anilines is 3. The summed E-state index contributed by atoms with van der Waals surface area (Å²) in [5.74, 6) is -0.769. The van der Waals surface area contributed by atoms with Gasteiger partial charge in [0.2, 0.25) is 0 Å². The summed E-state index contributed by atoms with van der Waals surface area (Å²) < 4.78 is 26.2. The van der Waals surface area contributed by atoms with Gasteiger partial charge in [0, 0.05) is 43.8 Å². The van der Waals surface area contributed by atoms with Gasteiger partial charge in [-0.25, -0.2) is 9.18 Å². The number of hydrogen-bond donors (Lipinski definition) is 2. The molecule has 0 radical (unpaired) electrons. The minimum atomic E-state index is -0.717. The third-order valence-corrected chi connectivity index (χ3v) is 6.29. The first-order chi connectivity index (χ1) is 18.0. The van der Waals surface area contributed by atoms with E-state index in [9.17, 15) is 14.0 Å². The molecule has 2 amide bonds. The number of piperazine rings is 1. The first-order valence-corrected chi connectivity index (χ1v) is 12.7. The van der Waals surface area contributed by atoms with Gasteiger partial charge in [0.15, 0.2) is 5.82 Å². The van der Waals surface area contributed by atoms with Crippen molar-refractivity contribution in [1.29, 1.82) is 0 Å². The first kappa shape index (κ1) is 27.3. The molecule has 0 aliphatic carbocycles. The molecule has 1 aromatic heterocycles. The van der Waals surface area contributed by atoms with E-state index >= 15 is 0 Å². The van der Waals surface area contributed by atoms with Gasteiger partial charge in [0.1, 0.15) is 11.4 Å². The average Bonchev–Trinajstić information content (AvgIpc) is 2.85. The van der Waals surface area contributed by atoms with E-state index in [0.29, 0.717) is 55.1 Å². The van der Waals surface area contributed by atoms with Gasteiger partial charge < -0.3 is 30.3 Å². The highest BCUT2D eigenvalue weighted by molar-refractivity contribution is 6.31. The molecule has 3 N–H and O–H groups in total. The molecule has 0 bridgehead atoms. The van der Waals surface area contributed by atoms with Crippen molar-refractivity contribution in [3.63, 3.8) is 0 Å². The van der Waals surface area contributed by atoms with Crippen LogP contribution in [0.15, 0.2) is 36.5 Å². The third-order valence-electron chi connectivity index (χ3n) is 6.00. The molecule has 38 heavy (non-hydrogen) atoms. The van der Waals surface area contributed by atoms with Gasteiger partial charge in [-0.2, -0.15) is 0 Å². The van der Waals surface area contributed by atoms with Crippen molar-refractivity contribution < 1.29 is 23.5 Å². The summed E-state index contributed by atoms with van der Waals surface area (Å²) in [6, 6.07) is 8.17. The van der Waals surface area contributed by atoms with Gasteiger partial charge in [-0.05, 0) is 45.9 Å². The zero-order valence-electron chi connectivity index (χ0n) is 21.8. The fourth-order valence-electron chi connectivity index (χ4n) is 4.24. The number of nitrogens with two attached hydrogens (primary N) is 1. The van der Waals surface area contributed by atoms with Crippen LogP contribution in [0.25, 0.3) is 10.9 Å². The largest absolute Gasteiger partial charge is 0.492 e. The van der Waals surface area contributed by atoms with E-state index in [1.54, 1.807) is 17.0 Å². The van der Waals surface area contributed by atoms with Crippen molar-refractivity contribution in [2.24, 2.45) is 5.73 Å². The Bertz CT molecular complexity index is 1370. The van der Waals surface area contributed by atoms with Crippen LogP contribution in [0.4, 0.5) is 26.2 Å². The number of fused-ring (bicyclic) bond motifs is 1. The molecule has 1 aliphatic rings. The summed E-state index contributed by atoms with van der Waals surface area (Å²) in [6.45, 7) is 9.77. The summed E-state index contributed by atoms with van der Waals surface area (Å²) in [4.78, 5) is 33.0. The molecule has 3 aromatic rings. The lowest BCUT2D eigenvalue weighted by Gasteiger charge is -2.37. The van der Waals surface area contributed by atoms with Crippen molar-refractivity contribution in [2.75, 3.05) is 43.0 Å². The molecule has 0 unspecified atom stereocenters. The monoisotopic (exact) mass is 543 g/mol. The molecular formula is C27H31ClFN5O4. The second kappa shape index (κ2) is 10.9. The lowest BCUT2D eigenvalue weighted by atomic mass is 10.1. The molecule has 2 heterocycles. The van der Waals surface area contributed by atoms with Crippen LogP contribution in [0.1, 0.15) is 38.1 Å². The van der Waals surface area contributed by atoms with Gasteiger partial charge in [-0.3, -0.25) is 9.78 Å². The predicted molar refractivity (Wildman–Crippen MR) is 146 cm³/mol. The van der Waals surface area contributed by atoms with Gasteiger partial charge in [0.05, 0.1) is 39.8 Å². The van der Waals surface area contributed by atoms with Crippen LogP contribution in [0.5, 0.6) is 5.75 Å². The lowest BCUT2D eigenvalue weighted by molar-refractivity contribution is 0.0240. The molecule has 0 saturated carbocycles. The standard InChI is InChI=1S/C27H31ClFN5O4/c1-5-37-22-14-20-16(13-21(22)33-9-11-34(12-10-33)26(36)38-27(2,3)4)24(17(15-31-20)25(30)35)32-19-8-6-7-18(28)23(19)29/h6-8,13-15H,5,9-12H2,1-4H3,(H2,30,35)(H,31,32). The van der Waals surface area contributed by atoms with Gasteiger partial charge >= 0.3 is 6.09 Å². The molecule has 4 rings (SSSR count). The molecule has 1 aliphatic heterocycles. The number of carbonyl (C=O) groups is 2. The molecule has 0 spiro atoms. The SMILES string of the molecule is CCOc1cc2ncc(C(N)=O)c(Nc3cccc(Cl)c3F)c2cc1N1CCN(C(=O)OC(C)(C)C)CC1. The summed E-state index contributed by atoms with van der Waals surface area (Å²) in [6.07, 6.45) is 0.996. The van der Waals surface area contributed by atoms with Crippen LogP contribution >= 0.6 is 11.6 Å². The second-order valence-corrected chi connectivity index (χ2v) is 10.3. The first-order valence-electron chi connectivity index (χ1n) is 12.3. The zero-order chi connectivity index (χ0) is 27.6. The number of pyridine rings is 1. The molecule has 202 valence electrons. The number of primary amides is 1. The van der Waals surface area contributed by atoms with Crippen molar-refractivity contribution in [3.05, 3.63) is 52.9 Å². The van der Waals surface area contributed by atoms with Crippen LogP contribution in [0.2, 0.25) is 5.02 Å². The highest BCUT2D eigenvalue weighted by atomic mass is 35.5. The van der Waals surface area contributed by atoms with Crippen molar-refractivity contribution >= 4 is 51.6 Å². The average molecular weight is 544 g/mol. The second-order valence-electron chi connectivity index (χ2n) is 9.86. The number of halogens is 2. The fourth-order valence-corrected chi connectivity index (χ4v) is 4.41. The summed E-state index contributed by atoms with van der Waals surface area (Å²) in [5.41, 5.74) is 6.85. The highest BCUT2D eigenvalue weighted by Crippen LogP contribution is 2.39.